The third-order valence-electron chi connectivity index (χ3n) is 20.4. The summed E-state index contributed by atoms with van der Waals surface area (Å²) < 4.78 is 24.5. The van der Waals surface area contributed by atoms with E-state index in [0.717, 1.165) is 93.7 Å². The highest BCUT2D eigenvalue weighted by Crippen LogP contribution is 2.73. The molecule has 14 nitrogen and oxygen atoms in total. The minimum atomic E-state index is -0.361. The predicted octanol–water partition coefficient (Wildman–Crippen LogP) is 4.43. The fourth-order valence-corrected chi connectivity index (χ4v) is 17.6. The fourth-order valence-electron chi connectivity index (χ4n) is 17.6. The monoisotopic (exact) mass is 899 g/mol. The number of methoxy groups -OCH3 is 5. The Kier molecular flexibility index (Phi) is 14.9. The minimum Gasteiger partial charge on any atom is -0.469 e. The Morgan fingerprint density at radius 2 is 0.922 bits per heavy atom. The molecule has 0 spiro atoms. The second kappa shape index (κ2) is 19.4. The van der Waals surface area contributed by atoms with E-state index in [1.165, 1.54) is 60.5 Å². The van der Waals surface area contributed by atoms with Crippen molar-refractivity contribution < 1.29 is 47.7 Å². The van der Waals surface area contributed by atoms with Crippen LogP contribution in [0.2, 0.25) is 0 Å². The Bertz CT molecular complexity index is 1730. The van der Waals surface area contributed by atoms with Crippen molar-refractivity contribution in [3.63, 3.8) is 0 Å². The van der Waals surface area contributed by atoms with Gasteiger partial charge in [0.05, 0.1) is 64.1 Å². The van der Waals surface area contributed by atoms with Crippen LogP contribution >= 0.6 is 0 Å². The maximum atomic E-state index is 12.2. The van der Waals surface area contributed by atoms with E-state index in [1.807, 2.05) is 0 Å². The number of ether oxygens (including phenoxy) is 5. The fraction of sp³-hybridized carbons (Fsp3) is 0.900. The van der Waals surface area contributed by atoms with Gasteiger partial charge in [-0.3, -0.25) is 24.0 Å². The summed E-state index contributed by atoms with van der Waals surface area (Å²) >= 11 is 0. The summed E-state index contributed by atoms with van der Waals surface area (Å²) in [7, 11) is 7.24. The number of carbonyl (C=O) groups is 5. The molecule has 10 aliphatic carbocycles. The van der Waals surface area contributed by atoms with Gasteiger partial charge in [-0.1, -0.05) is 6.92 Å². The number of nitrogens with two attached hydrogens (primary N) is 4. The normalized spacial score (nSPS) is 47.4. The molecule has 10 rings (SSSR count). The van der Waals surface area contributed by atoms with Crippen molar-refractivity contribution in [1.29, 1.82) is 0 Å². The maximum absolute atomic E-state index is 12.2. The average molecular weight is 899 g/mol. The Morgan fingerprint density at radius 1 is 0.453 bits per heavy atom. The van der Waals surface area contributed by atoms with Crippen molar-refractivity contribution in [2.45, 2.75) is 91.4 Å². The van der Waals surface area contributed by atoms with Crippen LogP contribution in [0.3, 0.4) is 0 Å². The van der Waals surface area contributed by atoms with Gasteiger partial charge in [-0.25, -0.2) is 0 Å². The van der Waals surface area contributed by atoms with Crippen LogP contribution in [0.1, 0.15) is 91.4 Å². The van der Waals surface area contributed by atoms with E-state index in [9.17, 15) is 24.0 Å². The number of carbonyl (C=O) groups excluding carboxylic acids is 5. The summed E-state index contributed by atoms with van der Waals surface area (Å²) in [5.74, 6) is 9.28. The van der Waals surface area contributed by atoms with Crippen molar-refractivity contribution >= 4 is 29.8 Å². The van der Waals surface area contributed by atoms with Crippen LogP contribution in [0.5, 0.6) is 0 Å². The highest BCUT2D eigenvalue weighted by Gasteiger charge is 2.69. The molecular weight excluding hydrogens is 817 g/mol. The minimum absolute atomic E-state index is 0.0135. The number of hydrogen-bond donors (Lipinski definition) is 4. The molecule has 0 aliphatic heterocycles. The lowest BCUT2D eigenvalue weighted by Crippen LogP contribution is -2.45. The van der Waals surface area contributed by atoms with Crippen molar-refractivity contribution in [2.75, 3.05) is 61.7 Å². The van der Waals surface area contributed by atoms with E-state index < -0.39 is 0 Å². The highest BCUT2D eigenvalue weighted by atomic mass is 16.5. The summed E-state index contributed by atoms with van der Waals surface area (Å²) in [5, 5.41) is 0. The van der Waals surface area contributed by atoms with Gasteiger partial charge in [0, 0.05) is 0 Å². The molecule has 10 aliphatic rings. The molecule has 0 radical (unpaired) electrons. The lowest BCUT2D eigenvalue weighted by Gasteiger charge is -2.44. The molecule has 0 aromatic heterocycles. The molecule has 64 heavy (non-hydrogen) atoms. The van der Waals surface area contributed by atoms with E-state index >= 15 is 0 Å². The standard InChI is InChI=1S/C16H25NO2.C12H19NO4.2C11H19NO2/c1-16(15(18)19-2)6-9-5-12(16)14-8-3-10(7-17)11(4-8)13(9)14;1-16-11(14)9-6-3-7(5-13)8(4-6)10(9)12(15)17-2;1-11(10(13)14-2)5-7-3-9(11)4-8(7)6-12;1-6-9-4-7(3-8(9)5-12)10(6)11(13)14-2/h8-14H,3-7,17H2,1-2H3;6-10H,3-5,13H2,1-2H3;7-9H,3-6,12H2,1-2H3;6-10H,3-5,12H2,1-2H3. The third kappa shape index (κ3) is 8.11. The van der Waals surface area contributed by atoms with Gasteiger partial charge >= 0.3 is 29.8 Å². The first-order valence-corrected chi connectivity index (χ1v) is 24.7. The van der Waals surface area contributed by atoms with Crippen molar-refractivity contribution in [3.8, 4) is 0 Å². The van der Waals surface area contributed by atoms with Crippen LogP contribution in [0, 0.1) is 129 Å². The van der Waals surface area contributed by atoms with Gasteiger partial charge in [-0.05, 0) is 211 Å². The van der Waals surface area contributed by atoms with Gasteiger partial charge in [0.25, 0.3) is 0 Å². The third-order valence-corrected chi connectivity index (χ3v) is 20.4. The molecule has 14 heteroatoms. The van der Waals surface area contributed by atoms with Gasteiger partial charge in [-0.15, -0.1) is 0 Å². The zero-order chi connectivity index (χ0) is 46.6. The number of fused-ring (bicyclic) bond motifs is 15. The summed E-state index contributed by atoms with van der Waals surface area (Å²) in [6.45, 7) is 9.38. The van der Waals surface area contributed by atoms with Crippen LogP contribution in [0.15, 0.2) is 0 Å². The van der Waals surface area contributed by atoms with E-state index in [-0.39, 0.29) is 70.3 Å². The maximum Gasteiger partial charge on any atom is 0.311 e. The number of hydrogen-bond acceptors (Lipinski definition) is 14. The van der Waals surface area contributed by atoms with E-state index in [2.05, 4.69) is 20.8 Å². The van der Waals surface area contributed by atoms with Gasteiger partial charge in [0.2, 0.25) is 0 Å². The second-order valence-corrected chi connectivity index (χ2v) is 22.6. The second-order valence-electron chi connectivity index (χ2n) is 22.6. The molecule has 0 saturated heterocycles. The molecule has 0 aromatic rings. The molecule has 10 fully saturated rings. The van der Waals surface area contributed by atoms with Crippen LogP contribution in [-0.4, -0.2) is 91.6 Å². The lowest BCUT2D eigenvalue weighted by atomic mass is 9.60. The smallest absolute Gasteiger partial charge is 0.311 e. The Balaban J connectivity index is 0.000000129. The number of esters is 5. The molecule has 8 N–H and O–H groups in total. The molecule has 10 bridgehead atoms. The first-order valence-electron chi connectivity index (χ1n) is 24.7. The van der Waals surface area contributed by atoms with E-state index in [0.29, 0.717) is 59.8 Å². The SMILES string of the molecule is COC(=O)C1(C)CC2CC1C1C3CC(CN)C(C3)C21.COC(=O)C1(C)CC2CC1CC2CN.COC(=O)C1C2CC(CN)C(C2)C1C.COC(=O)C1C2CC(CN)C(C2)C1C(=O)OC. The molecule has 10 saturated carbocycles. The summed E-state index contributed by atoms with van der Waals surface area (Å²) in [6, 6.07) is 0. The molecule has 22 unspecified atom stereocenters. The molecule has 22 atom stereocenters. The van der Waals surface area contributed by atoms with E-state index in [4.69, 9.17) is 46.6 Å². The predicted molar refractivity (Wildman–Crippen MR) is 239 cm³/mol. The highest BCUT2D eigenvalue weighted by molar-refractivity contribution is 5.84. The Hall–Kier alpha value is -2.81. The molecule has 0 amide bonds. The first kappa shape index (κ1) is 49.1. The van der Waals surface area contributed by atoms with Crippen LogP contribution in [0.4, 0.5) is 0 Å². The number of rotatable bonds is 9. The largest absolute Gasteiger partial charge is 0.469 e. The van der Waals surface area contributed by atoms with Crippen LogP contribution in [0.25, 0.3) is 0 Å². The van der Waals surface area contributed by atoms with Crippen LogP contribution in [-0.2, 0) is 47.7 Å². The summed E-state index contributed by atoms with van der Waals surface area (Å²) in [6.07, 6.45) is 12.4. The molecular formula is C50H82N4O10. The van der Waals surface area contributed by atoms with E-state index in [1.54, 1.807) is 7.11 Å². The summed E-state index contributed by atoms with van der Waals surface area (Å²) in [5.41, 5.74) is 22.7. The average Bonchev–Trinajstić information content (AvgIpc) is 4.17. The zero-order valence-corrected chi connectivity index (χ0v) is 40.0. The Labute approximate surface area is 381 Å². The van der Waals surface area contributed by atoms with Crippen molar-refractivity contribution in [1.82, 2.24) is 0 Å². The van der Waals surface area contributed by atoms with Crippen LogP contribution < -0.4 is 22.9 Å². The molecule has 0 heterocycles. The van der Waals surface area contributed by atoms with Crippen molar-refractivity contribution in [2.24, 2.45) is 152 Å². The van der Waals surface area contributed by atoms with Gasteiger partial charge < -0.3 is 46.6 Å². The zero-order valence-electron chi connectivity index (χ0n) is 40.0. The lowest BCUT2D eigenvalue weighted by molar-refractivity contribution is -0.161. The quantitative estimate of drug-likeness (QED) is 0.142. The molecule has 362 valence electrons. The van der Waals surface area contributed by atoms with Gasteiger partial charge in [-0.2, -0.15) is 0 Å². The van der Waals surface area contributed by atoms with Crippen molar-refractivity contribution in [3.05, 3.63) is 0 Å². The summed E-state index contributed by atoms with van der Waals surface area (Å²) in [4.78, 5) is 59.0. The first-order chi connectivity index (χ1) is 30.5. The Morgan fingerprint density at radius 3 is 1.45 bits per heavy atom. The topological polar surface area (TPSA) is 236 Å². The van der Waals surface area contributed by atoms with Gasteiger partial charge in [0.15, 0.2) is 0 Å². The molecule has 0 aromatic carbocycles. The van der Waals surface area contributed by atoms with Gasteiger partial charge in [0.1, 0.15) is 0 Å².